The molecule has 0 radical (unpaired) electrons. The van der Waals surface area contributed by atoms with Gasteiger partial charge in [-0.05, 0) is 24.6 Å². The number of nitrogens with one attached hydrogen (secondary N) is 2. The molecule has 1 aromatic heterocycles. The lowest BCUT2D eigenvalue weighted by molar-refractivity contribution is 0.174. The predicted octanol–water partition coefficient (Wildman–Crippen LogP) is 2.90. The average molecular weight is 307 g/mol. The van der Waals surface area contributed by atoms with Crippen LogP contribution in [0.25, 0.3) is 0 Å². The number of rotatable bonds is 5. The molecule has 1 aliphatic rings. The Morgan fingerprint density at radius 1 is 1.24 bits per heavy atom. The summed E-state index contributed by atoms with van der Waals surface area (Å²) < 4.78 is 10.6. The van der Waals surface area contributed by atoms with Crippen LogP contribution >= 0.6 is 11.6 Å². The van der Waals surface area contributed by atoms with Crippen LogP contribution in [-0.2, 0) is 6.54 Å². The molecule has 0 fully saturated rings. The number of ether oxygens (including phenoxy) is 2. The van der Waals surface area contributed by atoms with Gasteiger partial charge in [-0.1, -0.05) is 17.7 Å². The van der Waals surface area contributed by atoms with E-state index in [-0.39, 0.29) is 6.79 Å². The number of benzene rings is 1. The number of nitrogens with zero attached hydrogens (tertiary/aromatic N) is 2. The highest BCUT2D eigenvalue weighted by Gasteiger charge is 2.13. The van der Waals surface area contributed by atoms with E-state index >= 15 is 0 Å². The van der Waals surface area contributed by atoms with Crippen molar-refractivity contribution in [2.45, 2.75) is 13.5 Å². The molecule has 0 atom stereocenters. The van der Waals surface area contributed by atoms with Gasteiger partial charge in [0.2, 0.25) is 12.7 Å². The topological polar surface area (TPSA) is 68.3 Å². The Bertz CT molecular complexity index is 651. The van der Waals surface area contributed by atoms with E-state index < -0.39 is 0 Å². The minimum atomic E-state index is 0.274. The van der Waals surface area contributed by atoms with E-state index in [1.54, 1.807) is 6.20 Å². The van der Waals surface area contributed by atoms with Gasteiger partial charge in [-0.15, -0.1) is 0 Å². The third kappa shape index (κ3) is 3.11. The number of hydrogen-bond acceptors (Lipinski definition) is 6. The van der Waals surface area contributed by atoms with Crippen LogP contribution in [0.4, 0.5) is 11.8 Å². The molecule has 2 heterocycles. The van der Waals surface area contributed by atoms with Crippen molar-refractivity contribution in [3.63, 3.8) is 0 Å². The second-order valence-corrected chi connectivity index (χ2v) is 4.87. The van der Waals surface area contributed by atoms with E-state index in [1.165, 1.54) is 0 Å². The number of fused-ring (bicyclic) bond motifs is 1. The van der Waals surface area contributed by atoms with Gasteiger partial charge in [-0.2, -0.15) is 4.98 Å². The first-order valence-corrected chi connectivity index (χ1v) is 7.03. The minimum Gasteiger partial charge on any atom is -0.454 e. The van der Waals surface area contributed by atoms with E-state index in [0.717, 1.165) is 23.6 Å². The summed E-state index contributed by atoms with van der Waals surface area (Å²) in [7, 11) is 0. The van der Waals surface area contributed by atoms with Gasteiger partial charge in [0.25, 0.3) is 0 Å². The first-order chi connectivity index (χ1) is 10.3. The molecule has 21 heavy (non-hydrogen) atoms. The highest BCUT2D eigenvalue weighted by molar-refractivity contribution is 6.32. The molecule has 0 spiro atoms. The molecular weight excluding hydrogens is 292 g/mol. The molecule has 1 aromatic carbocycles. The van der Waals surface area contributed by atoms with E-state index in [0.29, 0.717) is 23.3 Å². The smallest absolute Gasteiger partial charge is 0.231 e. The van der Waals surface area contributed by atoms with Gasteiger partial charge in [-0.3, -0.25) is 0 Å². The van der Waals surface area contributed by atoms with Gasteiger partial charge in [0, 0.05) is 13.1 Å². The zero-order chi connectivity index (χ0) is 14.7. The van der Waals surface area contributed by atoms with Crippen molar-refractivity contribution in [3.8, 4) is 11.5 Å². The Hall–Kier alpha value is -2.21. The van der Waals surface area contributed by atoms with E-state index in [9.17, 15) is 0 Å². The number of anilines is 2. The van der Waals surface area contributed by atoms with Crippen LogP contribution < -0.4 is 20.1 Å². The summed E-state index contributed by atoms with van der Waals surface area (Å²) in [5.74, 6) is 2.68. The number of hydrogen-bond donors (Lipinski definition) is 2. The molecule has 3 rings (SSSR count). The highest BCUT2D eigenvalue weighted by Crippen LogP contribution is 2.32. The largest absolute Gasteiger partial charge is 0.454 e. The van der Waals surface area contributed by atoms with Crippen LogP contribution in [0.15, 0.2) is 24.4 Å². The van der Waals surface area contributed by atoms with Gasteiger partial charge in [0.1, 0.15) is 5.02 Å². The monoisotopic (exact) mass is 306 g/mol. The normalized spacial score (nSPS) is 12.3. The molecule has 0 bridgehead atoms. The molecule has 110 valence electrons. The third-order valence-electron chi connectivity index (χ3n) is 2.98. The maximum atomic E-state index is 6.10. The second kappa shape index (κ2) is 6.05. The quantitative estimate of drug-likeness (QED) is 0.885. The van der Waals surface area contributed by atoms with Crippen LogP contribution in [0.5, 0.6) is 11.5 Å². The molecule has 0 aliphatic carbocycles. The Morgan fingerprint density at radius 2 is 2.10 bits per heavy atom. The zero-order valence-electron chi connectivity index (χ0n) is 11.5. The average Bonchev–Trinajstić information content (AvgIpc) is 2.95. The first-order valence-electron chi connectivity index (χ1n) is 6.65. The summed E-state index contributed by atoms with van der Waals surface area (Å²) in [4.78, 5) is 8.43. The fourth-order valence-corrected chi connectivity index (χ4v) is 2.13. The Labute approximate surface area is 127 Å². The van der Waals surface area contributed by atoms with Crippen molar-refractivity contribution in [3.05, 3.63) is 35.0 Å². The van der Waals surface area contributed by atoms with Gasteiger partial charge >= 0.3 is 0 Å². The molecule has 7 heteroatoms. The fraction of sp³-hybridized carbons (Fsp3) is 0.286. The van der Waals surface area contributed by atoms with Crippen molar-refractivity contribution in [1.29, 1.82) is 0 Å². The zero-order valence-corrected chi connectivity index (χ0v) is 12.3. The highest BCUT2D eigenvalue weighted by atomic mass is 35.5. The van der Waals surface area contributed by atoms with Crippen molar-refractivity contribution in [2.24, 2.45) is 0 Å². The molecular formula is C14H15ClN4O2. The number of halogens is 1. The second-order valence-electron chi connectivity index (χ2n) is 4.46. The summed E-state index contributed by atoms with van der Waals surface area (Å²) in [6.45, 7) is 3.59. The van der Waals surface area contributed by atoms with Crippen molar-refractivity contribution in [2.75, 3.05) is 24.0 Å². The maximum absolute atomic E-state index is 6.10. The Morgan fingerprint density at radius 3 is 2.95 bits per heavy atom. The van der Waals surface area contributed by atoms with Crippen LogP contribution in [0, 0.1) is 0 Å². The summed E-state index contributed by atoms with van der Waals surface area (Å²) in [5, 5.41) is 6.73. The third-order valence-corrected chi connectivity index (χ3v) is 3.25. The van der Waals surface area contributed by atoms with Crippen LogP contribution in [0.1, 0.15) is 12.5 Å². The molecule has 0 amide bonds. The maximum Gasteiger partial charge on any atom is 0.231 e. The van der Waals surface area contributed by atoms with Gasteiger partial charge in [0.15, 0.2) is 17.3 Å². The summed E-state index contributed by atoms with van der Waals surface area (Å²) in [5.41, 5.74) is 1.05. The lowest BCUT2D eigenvalue weighted by Gasteiger charge is -2.09. The van der Waals surface area contributed by atoms with E-state index in [1.807, 2.05) is 25.1 Å². The van der Waals surface area contributed by atoms with Crippen LogP contribution in [-0.4, -0.2) is 23.3 Å². The lowest BCUT2D eigenvalue weighted by atomic mass is 10.2. The van der Waals surface area contributed by atoms with Crippen molar-refractivity contribution >= 4 is 23.4 Å². The van der Waals surface area contributed by atoms with Crippen molar-refractivity contribution < 1.29 is 9.47 Å². The molecule has 0 saturated heterocycles. The summed E-state index contributed by atoms with van der Waals surface area (Å²) in [6.07, 6.45) is 1.58. The number of aromatic nitrogens is 2. The Balaban J connectivity index is 1.71. The van der Waals surface area contributed by atoms with E-state index in [2.05, 4.69) is 20.6 Å². The van der Waals surface area contributed by atoms with E-state index in [4.69, 9.17) is 21.1 Å². The summed E-state index contributed by atoms with van der Waals surface area (Å²) >= 11 is 6.10. The molecule has 2 aromatic rings. The van der Waals surface area contributed by atoms with Gasteiger partial charge in [-0.25, -0.2) is 4.98 Å². The summed E-state index contributed by atoms with van der Waals surface area (Å²) in [6, 6.07) is 5.81. The van der Waals surface area contributed by atoms with Gasteiger partial charge < -0.3 is 20.1 Å². The van der Waals surface area contributed by atoms with Crippen LogP contribution in [0.2, 0.25) is 5.02 Å². The molecule has 0 saturated carbocycles. The van der Waals surface area contributed by atoms with Crippen molar-refractivity contribution in [1.82, 2.24) is 9.97 Å². The van der Waals surface area contributed by atoms with Gasteiger partial charge in [0.05, 0.1) is 6.20 Å². The molecule has 0 unspecified atom stereocenters. The SMILES string of the molecule is CCNc1ncc(Cl)c(NCc2ccc3c(c2)OCO3)n1. The first kappa shape index (κ1) is 13.8. The molecule has 1 aliphatic heterocycles. The molecule has 6 nitrogen and oxygen atoms in total. The molecule has 2 N–H and O–H groups in total. The van der Waals surface area contributed by atoms with Crippen LogP contribution in [0.3, 0.4) is 0 Å². The predicted molar refractivity (Wildman–Crippen MR) is 81.1 cm³/mol. The Kier molecular flexibility index (Phi) is 3.96. The minimum absolute atomic E-state index is 0.274. The fourth-order valence-electron chi connectivity index (χ4n) is 1.97. The lowest BCUT2D eigenvalue weighted by Crippen LogP contribution is -2.07. The standard InChI is InChI=1S/C14H15ClN4O2/c1-2-16-14-18-7-10(15)13(19-14)17-6-9-3-4-11-12(5-9)21-8-20-11/h3-5,7H,2,6,8H2,1H3,(H2,16,17,18,19).